The third-order valence-electron chi connectivity index (χ3n) is 8.18. The van der Waals surface area contributed by atoms with Gasteiger partial charge in [0, 0.05) is 37.8 Å². The molecule has 2 aliphatic rings. The molecule has 13 heteroatoms. The van der Waals surface area contributed by atoms with Crippen molar-refractivity contribution in [2.45, 2.75) is 62.3 Å². The Hall–Kier alpha value is -4.43. The van der Waals surface area contributed by atoms with Crippen molar-refractivity contribution in [3.05, 3.63) is 70.2 Å². The van der Waals surface area contributed by atoms with Crippen LogP contribution in [0.5, 0.6) is 0 Å². The molecule has 1 N–H and O–H groups in total. The van der Waals surface area contributed by atoms with Crippen molar-refractivity contribution < 1.29 is 41.1 Å². The molecular formula is C33H33FN2O9S. The number of benzene rings is 2. The molecule has 0 radical (unpaired) electrons. The van der Waals surface area contributed by atoms with E-state index in [1.54, 1.807) is 42.5 Å². The molecule has 1 aliphatic heterocycles. The van der Waals surface area contributed by atoms with Crippen LogP contribution in [0.25, 0.3) is 11.1 Å². The Balaban J connectivity index is 1.19. The van der Waals surface area contributed by atoms with Gasteiger partial charge in [-0.2, -0.15) is 0 Å². The fourth-order valence-corrected chi connectivity index (χ4v) is 5.71. The second kappa shape index (κ2) is 13.5. The van der Waals surface area contributed by atoms with Crippen LogP contribution in [0.1, 0.15) is 54.9 Å². The number of hydrogen-bond acceptors (Lipinski definition) is 9. The van der Waals surface area contributed by atoms with Gasteiger partial charge in [0.15, 0.2) is 32.1 Å². The number of hydroxylamine groups is 1. The maximum atomic E-state index is 14.8. The lowest BCUT2D eigenvalue weighted by molar-refractivity contribution is -0.201. The van der Waals surface area contributed by atoms with Crippen molar-refractivity contribution in [1.29, 1.82) is 0 Å². The van der Waals surface area contributed by atoms with Gasteiger partial charge >= 0.3 is 11.7 Å². The lowest BCUT2D eigenvalue weighted by atomic mass is 10.1. The summed E-state index contributed by atoms with van der Waals surface area (Å²) in [6.07, 6.45) is 2.49. The topological polar surface area (TPSA) is 143 Å². The quantitative estimate of drug-likeness (QED) is 0.198. The standard InChI is InChI=1S/C33H33FN2O9S/c1-32(46(2,40)41,30(38)35-45-28-14-8-9-19-42-28)17-18-36-26-16-15-23(20-27(26)44-31(36)39)10-6-7-13-25-21-33(25,34)22-43-29(37)24-11-4-3-5-12-24/h3-5,11-12,15-16,20,25,28H,8-9,14,17-19,21-22H2,1-2H3,(H,35,38)/t25-,28+,32+,33-/m0/s1. The minimum absolute atomic E-state index is 0.133. The molecule has 1 saturated heterocycles. The summed E-state index contributed by atoms with van der Waals surface area (Å²) in [5.74, 6) is 8.04. The third kappa shape index (κ3) is 7.50. The first-order chi connectivity index (χ1) is 21.9. The summed E-state index contributed by atoms with van der Waals surface area (Å²) >= 11 is 0. The highest BCUT2D eigenvalue weighted by atomic mass is 32.2. The van der Waals surface area contributed by atoms with Gasteiger partial charge in [0.05, 0.1) is 17.0 Å². The van der Waals surface area contributed by atoms with E-state index in [2.05, 4.69) is 29.2 Å². The molecule has 1 aliphatic carbocycles. The number of esters is 1. The fourth-order valence-electron chi connectivity index (χ4n) is 4.87. The minimum atomic E-state index is -3.94. The summed E-state index contributed by atoms with van der Waals surface area (Å²) < 4.78 is 55.4. The van der Waals surface area contributed by atoms with Crippen LogP contribution in [0.4, 0.5) is 4.39 Å². The summed E-state index contributed by atoms with van der Waals surface area (Å²) in [6, 6.07) is 13.1. The van der Waals surface area contributed by atoms with Crippen molar-refractivity contribution >= 4 is 32.8 Å². The molecule has 2 aromatic carbocycles. The van der Waals surface area contributed by atoms with Gasteiger partial charge in [-0.1, -0.05) is 30.0 Å². The zero-order valence-electron chi connectivity index (χ0n) is 25.3. The van der Waals surface area contributed by atoms with Crippen LogP contribution in [-0.2, 0) is 35.5 Å². The molecule has 4 atom stereocenters. The number of sulfone groups is 1. The Morgan fingerprint density at radius 1 is 1.17 bits per heavy atom. The monoisotopic (exact) mass is 652 g/mol. The van der Waals surface area contributed by atoms with Crippen LogP contribution in [0, 0.1) is 29.6 Å². The molecule has 11 nitrogen and oxygen atoms in total. The van der Waals surface area contributed by atoms with Crippen molar-refractivity contribution in [3.8, 4) is 23.7 Å². The number of rotatable bonds is 10. The van der Waals surface area contributed by atoms with Gasteiger partial charge in [-0.05, 0) is 68.4 Å². The van der Waals surface area contributed by atoms with Crippen LogP contribution < -0.4 is 11.2 Å². The molecule has 0 unspecified atom stereocenters. The van der Waals surface area contributed by atoms with Crippen molar-refractivity contribution in [2.75, 3.05) is 19.5 Å². The van der Waals surface area contributed by atoms with Gasteiger partial charge < -0.3 is 13.9 Å². The number of nitrogens with zero attached hydrogens (tertiary/aromatic N) is 1. The van der Waals surface area contributed by atoms with Gasteiger partial charge in [0.25, 0.3) is 5.91 Å². The van der Waals surface area contributed by atoms with E-state index in [0.717, 1.165) is 19.1 Å². The molecule has 2 heterocycles. The average Bonchev–Trinajstić information content (AvgIpc) is 3.59. The van der Waals surface area contributed by atoms with E-state index in [4.69, 9.17) is 18.7 Å². The van der Waals surface area contributed by atoms with Gasteiger partial charge in [0.1, 0.15) is 6.61 Å². The zero-order valence-corrected chi connectivity index (χ0v) is 26.2. The maximum absolute atomic E-state index is 14.8. The number of aryl methyl sites for hydroxylation is 1. The number of oxazole rings is 1. The van der Waals surface area contributed by atoms with E-state index in [9.17, 15) is 27.2 Å². The van der Waals surface area contributed by atoms with Crippen molar-refractivity contribution in [1.82, 2.24) is 10.0 Å². The molecule has 3 aromatic rings. The van der Waals surface area contributed by atoms with E-state index in [1.807, 2.05) is 0 Å². The average molecular weight is 653 g/mol. The van der Waals surface area contributed by atoms with E-state index >= 15 is 0 Å². The maximum Gasteiger partial charge on any atom is 0.419 e. The summed E-state index contributed by atoms with van der Waals surface area (Å²) in [5, 5.41) is 0. The van der Waals surface area contributed by atoms with Crippen LogP contribution in [0.3, 0.4) is 0 Å². The Morgan fingerprint density at radius 2 is 1.96 bits per heavy atom. The zero-order chi connectivity index (χ0) is 33.0. The first-order valence-electron chi connectivity index (χ1n) is 14.7. The lowest BCUT2D eigenvalue weighted by Crippen LogP contribution is -2.51. The number of hydrogen-bond donors (Lipinski definition) is 1. The summed E-state index contributed by atoms with van der Waals surface area (Å²) in [4.78, 5) is 43.0. The molecule has 1 saturated carbocycles. The molecule has 46 heavy (non-hydrogen) atoms. The molecule has 2 fully saturated rings. The first-order valence-corrected chi connectivity index (χ1v) is 16.6. The molecule has 5 rings (SSSR count). The molecule has 1 amide bonds. The van der Waals surface area contributed by atoms with Crippen LogP contribution in [-0.4, -0.2) is 61.0 Å². The largest absolute Gasteiger partial charge is 0.459 e. The molecule has 1 aromatic heterocycles. The molecule has 242 valence electrons. The number of nitrogens with one attached hydrogen (secondary N) is 1. The van der Waals surface area contributed by atoms with E-state index in [1.165, 1.54) is 17.6 Å². The highest BCUT2D eigenvalue weighted by Gasteiger charge is 2.56. The first kappa shape index (κ1) is 32.9. The number of fused-ring (bicyclic) bond motifs is 1. The highest BCUT2D eigenvalue weighted by Crippen LogP contribution is 2.47. The molecule has 0 bridgehead atoms. The number of aromatic nitrogens is 1. The predicted molar refractivity (Wildman–Crippen MR) is 164 cm³/mol. The van der Waals surface area contributed by atoms with Crippen LogP contribution >= 0.6 is 0 Å². The molecular weight excluding hydrogens is 619 g/mol. The Morgan fingerprint density at radius 3 is 2.67 bits per heavy atom. The van der Waals surface area contributed by atoms with Gasteiger partial charge in [0.2, 0.25) is 0 Å². The summed E-state index contributed by atoms with van der Waals surface area (Å²) in [7, 11) is -3.94. The van der Waals surface area contributed by atoms with E-state index in [0.29, 0.717) is 29.7 Å². The lowest BCUT2D eigenvalue weighted by Gasteiger charge is -2.28. The Bertz CT molecular complexity index is 1910. The van der Waals surface area contributed by atoms with Crippen molar-refractivity contribution in [2.24, 2.45) is 5.92 Å². The second-order valence-electron chi connectivity index (χ2n) is 11.6. The number of alkyl halides is 1. The van der Waals surface area contributed by atoms with Crippen LogP contribution in [0.2, 0.25) is 0 Å². The van der Waals surface area contributed by atoms with Crippen molar-refractivity contribution in [3.63, 3.8) is 0 Å². The number of carbonyl (C=O) groups excluding carboxylic acids is 2. The predicted octanol–water partition coefficient (Wildman–Crippen LogP) is 3.30. The normalized spacial score (nSPS) is 22.0. The van der Waals surface area contributed by atoms with Crippen LogP contribution in [0.15, 0.2) is 57.7 Å². The number of carbonyl (C=O) groups is 2. The molecule has 0 spiro atoms. The summed E-state index contributed by atoms with van der Waals surface area (Å²) in [6.45, 7) is 1.23. The third-order valence-corrected chi connectivity index (χ3v) is 10.2. The Kier molecular flexibility index (Phi) is 9.68. The smallest absolute Gasteiger partial charge is 0.419 e. The SMILES string of the molecule is C[C@@](CCn1c(=O)oc2cc(C#CC#C[C@H]3C[C@]3(F)COC(=O)c3ccccc3)ccc21)(C(=O)NO[C@@H]1CCCCO1)S(C)(=O)=O. The van der Waals surface area contributed by atoms with E-state index in [-0.39, 0.29) is 25.0 Å². The van der Waals surface area contributed by atoms with Gasteiger partial charge in [-0.25, -0.2) is 32.7 Å². The fraction of sp³-hybridized carbons (Fsp3) is 0.424. The van der Waals surface area contributed by atoms with Gasteiger partial charge in [-0.15, -0.1) is 0 Å². The number of ether oxygens (including phenoxy) is 2. The number of amides is 1. The second-order valence-corrected chi connectivity index (χ2v) is 14.0. The number of halogens is 1. The van der Waals surface area contributed by atoms with E-state index < -0.39 is 56.7 Å². The highest BCUT2D eigenvalue weighted by molar-refractivity contribution is 7.92. The summed E-state index contributed by atoms with van der Waals surface area (Å²) in [5.41, 5.74) is 1.92. The van der Waals surface area contributed by atoms with Gasteiger partial charge in [-0.3, -0.25) is 9.36 Å². The Labute approximate surface area is 265 Å². The minimum Gasteiger partial charge on any atom is -0.459 e.